The van der Waals surface area contributed by atoms with E-state index in [1.807, 2.05) is 6.08 Å². The minimum Gasteiger partial charge on any atom is -0.324 e. The lowest BCUT2D eigenvalue weighted by Gasteiger charge is -2.12. The monoisotopic (exact) mass is 268 g/mol. The average Bonchev–Trinajstić information content (AvgIpc) is 2.76. The van der Waals surface area contributed by atoms with Gasteiger partial charge in [0.05, 0.1) is 6.54 Å². The van der Waals surface area contributed by atoms with Gasteiger partial charge in [-0.15, -0.1) is 16.8 Å². The maximum atomic E-state index is 5.67. The molecule has 0 radical (unpaired) electrons. The van der Waals surface area contributed by atoms with Crippen LogP contribution in [0, 0.1) is 0 Å². The lowest BCUT2D eigenvalue weighted by Crippen LogP contribution is -2.11. The van der Waals surface area contributed by atoms with E-state index in [0.717, 1.165) is 23.2 Å². The van der Waals surface area contributed by atoms with E-state index in [1.54, 1.807) is 11.8 Å². The van der Waals surface area contributed by atoms with Crippen LogP contribution in [0.5, 0.6) is 0 Å². The number of nitrogens with two attached hydrogens (primary N) is 1. The van der Waals surface area contributed by atoms with Crippen molar-refractivity contribution >= 4 is 11.8 Å². The summed E-state index contributed by atoms with van der Waals surface area (Å²) in [7, 11) is 0. The number of hydrogen-bond acceptors (Lipinski definition) is 4. The van der Waals surface area contributed by atoms with E-state index >= 15 is 0 Å². The van der Waals surface area contributed by atoms with E-state index in [-0.39, 0.29) is 0 Å². The average molecular weight is 268 g/mol. The van der Waals surface area contributed by atoms with Crippen LogP contribution in [0.1, 0.15) is 51.4 Å². The first-order chi connectivity index (χ1) is 8.70. The molecular weight excluding hydrogens is 244 g/mol. The van der Waals surface area contributed by atoms with Gasteiger partial charge in [-0.05, 0) is 33.1 Å². The zero-order valence-electron chi connectivity index (χ0n) is 11.4. The van der Waals surface area contributed by atoms with E-state index in [1.165, 1.54) is 19.3 Å². The van der Waals surface area contributed by atoms with Crippen molar-refractivity contribution in [2.45, 2.75) is 57.3 Å². The molecule has 4 nitrogen and oxygen atoms in total. The van der Waals surface area contributed by atoms with E-state index in [2.05, 4.69) is 35.2 Å². The second-order valence-electron chi connectivity index (χ2n) is 4.55. The van der Waals surface area contributed by atoms with Gasteiger partial charge in [-0.1, -0.05) is 24.3 Å². The summed E-state index contributed by atoms with van der Waals surface area (Å²) in [5.41, 5.74) is 5.67. The van der Waals surface area contributed by atoms with Gasteiger partial charge in [0, 0.05) is 11.8 Å². The molecule has 1 heterocycles. The Morgan fingerprint density at radius 1 is 1.33 bits per heavy atom. The van der Waals surface area contributed by atoms with Gasteiger partial charge in [-0.2, -0.15) is 0 Å². The molecule has 1 aromatic rings. The highest BCUT2D eigenvalue weighted by Crippen LogP contribution is 2.22. The molecule has 0 atom stereocenters. The smallest absolute Gasteiger partial charge is 0.191 e. The maximum absolute atomic E-state index is 5.67. The number of unbranched alkanes of at least 4 members (excludes halogenated alkanes) is 3. The lowest BCUT2D eigenvalue weighted by molar-refractivity contribution is 0.526. The second kappa shape index (κ2) is 8.32. The predicted molar refractivity (Wildman–Crippen MR) is 77.7 cm³/mol. The quantitative estimate of drug-likeness (QED) is 0.424. The molecule has 1 rings (SSSR count). The molecule has 0 aliphatic heterocycles. The SMILES string of the molecule is C=CCCCCCSc1nnc(CN)n1C(C)C. The first kappa shape index (κ1) is 15.2. The molecule has 0 aliphatic rings. The minimum atomic E-state index is 0.363. The standard InChI is InChI=1S/C13H24N4S/c1-4-5-6-7-8-9-18-13-16-15-12(10-14)17(13)11(2)3/h4,11H,1,5-10,14H2,2-3H3. The molecule has 0 bridgehead atoms. The Labute approximate surface area is 114 Å². The van der Waals surface area contributed by atoms with Crippen LogP contribution in [0.2, 0.25) is 0 Å². The van der Waals surface area contributed by atoms with Crippen LogP contribution in [0.4, 0.5) is 0 Å². The Hall–Kier alpha value is -0.810. The molecule has 5 heteroatoms. The van der Waals surface area contributed by atoms with Crippen molar-refractivity contribution in [2.75, 3.05) is 5.75 Å². The van der Waals surface area contributed by atoms with E-state index in [9.17, 15) is 0 Å². The van der Waals surface area contributed by atoms with Crippen molar-refractivity contribution in [2.24, 2.45) is 5.73 Å². The van der Waals surface area contributed by atoms with Crippen molar-refractivity contribution in [3.63, 3.8) is 0 Å². The van der Waals surface area contributed by atoms with Crippen LogP contribution in [0.25, 0.3) is 0 Å². The van der Waals surface area contributed by atoms with Crippen LogP contribution in [-0.4, -0.2) is 20.5 Å². The fraction of sp³-hybridized carbons (Fsp3) is 0.692. The van der Waals surface area contributed by atoms with Gasteiger partial charge in [0.2, 0.25) is 0 Å². The minimum absolute atomic E-state index is 0.363. The molecule has 0 aromatic carbocycles. The second-order valence-corrected chi connectivity index (χ2v) is 5.62. The fourth-order valence-corrected chi connectivity index (χ4v) is 2.88. The number of allylic oxidation sites excluding steroid dienone is 1. The topological polar surface area (TPSA) is 56.7 Å². The Morgan fingerprint density at radius 3 is 2.72 bits per heavy atom. The number of rotatable bonds is 9. The Morgan fingerprint density at radius 2 is 2.11 bits per heavy atom. The molecule has 0 amide bonds. The van der Waals surface area contributed by atoms with Crippen LogP contribution in [-0.2, 0) is 6.54 Å². The molecular formula is C13H24N4S. The summed E-state index contributed by atoms with van der Waals surface area (Å²) < 4.78 is 2.13. The zero-order chi connectivity index (χ0) is 13.4. The van der Waals surface area contributed by atoms with Crippen molar-refractivity contribution in [1.29, 1.82) is 0 Å². The number of aromatic nitrogens is 3. The summed E-state index contributed by atoms with van der Waals surface area (Å²) >= 11 is 1.78. The molecule has 0 saturated heterocycles. The van der Waals surface area contributed by atoms with Gasteiger partial charge < -0.3 is 10.3 Å². The van der Waals surface area contributed by atoms with Crippen molar-refractivity contribution in [3.8, 4) is 0 Å². The van der Waals surface area contributed by atoms with Crippen molar-refractivity contribution in [1.82, 2.24) is 14.8 Å². The Balaban J connectivity index is 2.42. The Bertz CT molecular complexity index is 360. The maximum Gasteiger partial charge on any atom is 0.191 e. The van der Waals surface area contributed by atoms with Gasteiger partial charge in [-0.3, -0.25) is 0 Å². The highest BCUT2D eigenvalue weighted by atomic mass is 32.2. The fourth-order valence-electron chi connectivity index (χ4n) is 1.79. The molecule has 0 spiro atoms. The first-order valence-electron chi connectivity index (χ1n) is 6.58. The van der Waals surface area contributed by atoms with E-state index < -0.39 is 0 Å². The molecule has 1 aromatic heterocycles. The summed E-state index contributed by atoms with van der Waals surface area (Å²) in [4.78, 5) is 0. The molecule has 102 valence electrons. The van der Waals surface area contributed by atoms with Crippen LogP contribution >= 0.6 is 11.8 Å². The zero-order valence-corrected chi connectivity index (χ0v) is 12.2. The first-order valence-corrected chi connectivity index (χ1v) is 7.56. The Kier molecular flexibility index (Phi) is 7.05. The highest BCUT2D eigenvalue weighted by molar-refractivity contribution is 7.99. The summed E-state index contributed by atoms with van der Waals surface area (Å²) in [6.07, 6.45) is 6.79. The van der Waals surface area contributed by atoms with E-state index in [4.69, 9.17) is 5.73 Å². The molecule has 2 N–H and O–H groups in total. The van der Waals surface area contributed by atoms with Gasteiger partial charge in [0.15, 0.2) is 5.16 Å². The van der Waals surface area contributed by atoms with Gasteiger partial charge >= 0.3 is 0 Å². The van der Waals surface area contributed by atoms with Crippen molar-refractivity contribution in [3.05, 3.63) is 18.5 Å². The number of hydrogen-bond donors (Lipinski definition) is 1. The molecule has 0 saturated carbocycles. The molecule has 0 aliphatic carbocycles. The molecule has 0 unspecified atom stereocenters. The van der Waals surface area contributed by atoms with Crippen molar-refractivity contribution < 1.29 is 0 Å². The third kappa shape index (κ3) is 4.46. The van der Waals surface area contributed by atoms with Gasteiger partial charge in [-0.25, -0.2) is 0 Å². The van der Waals surface area contributed by atoms with Crippen LogP contribution in [0.3, 0.4) is 0 Å². The summed E-state index contributed by atoms with van der Waals surface area (Å²) in [6, 6.07) is 0.363. The van der Waals surface area contributed by atoms with Crippen LogP contribution in [0.15, 0.2) is 17.8 Å². The third-order valence-electron chi connectivity index (χ3n) is 2.72. The lowest BCUT2D eigenvalue weighted by atomic mass is 10.2. The highest BCUT2D eigenvalue weighted by Gasteiger charge is 2.13. The van der Waals surface area contributed by atoms with Crippen LogP contribution < -0.4 is 5.73 Å². The largest absolute Gasteiger partial charge is 0.324 e. The van der Waals surface area contributed by atoms with Gasteiger partial charge in [0.25, 0.3) is 0 Å². The summed E-state index contributed by atoms with van der Waals surface area (Å²) in [5.74, 6) is 1.96. The van der Waals surface area contributed by atoms with Gasteiger partial charge in [0.1, 0.15) is 5.82 Å². The third-order valence-corrected chi connectivity index (χ3v) is 3.75. The van der Waals surface area contributed by atoms with E-state index in [0.29, 0.717) is 12.6 Å². The summed E-state index contributed by atoms with van der Waals surface area (Å²) in [5, 5.41) is 9.35. The predicted octanol–water partition coefficient (Wildman–Crippen LogP) is 3.16. The number of thioether (sulfide) groups is 1. The molecule has 18 heavy (non-hydrogen) atoms. The molecule has 0 fully saturated rings. The summed E-state index contributed by atoms with van der Waals surface area (Å²) in [6.45, 7) is 8.45. The number of nitrogens with zero attached hydrogens (tertiary/aromatic N) is 3. The normalized spacial score (nSPS) is 11.1.